The molecule has 1 aliphatic carbocycles. The van der Waals surface area contributed by atoms with Crippen molar-refractivity contribution in [1.29, 1.82) is 0 Å². The zero-order valence-corrected chi connectivity index (χ0v) is 14.7. The van der Waals surface area contributed by atoms with E-state index in [1.807, 2.05) is 6.92 Å². The van der Waals surface area contributed by atoms with Gasteiger partial charge >= 0.3 is 5.97 Å². The number of hydrogen-bond acceptors (Lipinski definition) is 3. The van der Waals surface area contributed by atoms with Gasteiger partial charge in [-0.3, -0.25) is 4.79 Å². The summed E-state index contributed by atoms with van der Waals surface area (Å²) in [6.07, 6.45) is 3.34. The summed E-state index contributed by atoms with van der Waals surface area (Å²) in [5.41, 5.74) is 0.901. The summed E-state index contributed by atoms with van der Waals surface area (Å²) in [5, 5.41) is 0. The molecule has 26 heavy (non-hydrogen) atoms. The summed E-state index contributed by atoms with van der Waals surface area (Å²) >= 11 is 0. The lowest BCUT2D eigenvalue weighted by molar-refractivity contribution is -0.141. The van der Waals surface area contributed by atoms with Gasteiger partial charge in [-0.1, -0.05) is 12.1 Å². The summed E-state index contributed by atoms with van der Waals surface area (Å²) in [6.45, 7) is 2.64. The van der Waals surface area contributed by atoms with Crippen molar-refractivity contribution in [2.24, 2.45) is 5.92 Å². The van der Waals surface area contributed by atoms with E-state index in [0.29, 0.717) is 17.7 Å². The predicted octanol–water partition coefficient (Wildman–Crippen LogP) is 5.13. The molecule has 0 spiro atoms. The van der Waals surface area contributed by atoms with Gasteiger partial charge in [-0.2, -0.15) is 0 Å². The fourth-order valence-electron chi connectivity index (χ4n) is 3.32. The van der Waals surface area contributed by atoms with E-state index in [9.17, 15) is 13.6 Å². The molecule has 0 saturated heterocycles. The van der Waals surface area contributed by atoms with E-state index in [1.165, 1.54) is 36.4 Å². The van der Waals surface area contributed by atoms with Crippen LogP contribution in [0.2, 0.25) is 0 Å². The topological polar surface area (TPSA) is 35.5 Å². The molecule has 2 aromatic carbocycles. The van der Waals surface area contributed by atoms with Gasteiger partial charge in [0.25, 0.3) is 0 Å². The van der Waals surface area contributed by atoms with E-state index in [1.54, 1.807) is 6.07 Å². The Bertz CT molecular complexity index is 750. The van der Waals surface area contributed by atoms with Crippen LogP contribution >= 0.6 is 0 Å². The van der Waals surface area contributed by atoms with Crippen molar-refractivity contribution >= 4 is 5.97 Å². The molecular formula is C21H22F2O3. The SMILES string of the molecule is CCO[C@H]1CC[C@H](C(=O)Oc2ccc(-c3ccc(F)cc3)c(F)c2)CC1. The first-order chi connectivity index (χ1) is 12.6. The van der Waals surface area contributed by atoms with Crippen LogP contribution in [-0.4, -0.2) is 18.7 Å². The van der Waals surface area contributed by atoms with E-state index in [-0.39, 0.29) is 29.6 Å². The number of benzene rings is 2. The zero-order valence-electron chi connectivity index (χ0n) is 14.7. The van der Waals surface area contributed by atoms with Crippen molar-refractivity contribution in [2.45, 2.75) is 38.7 Å². The number of carbonyl (C=O) groups is 1. The molecule has 0 heterocycles. The van der Waals surface area contributed by atoms with Gasteiger partial charge in [0.15, 0.2) is 0 Å². The normalized spacial score (nSPS) is 20.0. The molecule has 1 fully saturated rings. The number of halogens is 2. The largest absolute Gasteiger partial charge is 0.426 e. The highest BCUT2D eigenvalue weighted by atomic mass is 19.1. The number of esters is 1. The van der Waals surface area contributed by atoms with E-state index in [4.69, 9.17) is 9.47 Å². The van der Waals surface area contributed by atoms with Crippen molar-refractivity contribution in [3.8, 4) is 16.9 Å². The minimum atomic E-state index is -0.512. The molecule has 5 heteroatoms. The first kappa shape index (κ1) is 18.5. The van der Waals surface area contributed by atoms with E-state index < -0.39 is 5.82 Å². The lowest BCUT2D eigenvalue weighted by Gasteiger charge is -2.26. The molecule has 1 saturated carbocycles. The van der Waals surface area contributed by atoms with Crippen LogP contribution < -0.4 is 4.74 Å². The second kappa shape index (κ2) is 8.41. The maximum absolute atomic E-state index is 14.4. The molecule has 1 aliphatic rings. The molecule has 0 atom stereocenters. The zero-order chi connectivity index (χ0) is 18.5. The number of carbonyl (C=O) groups excluding carboxylic acids is 1. The summed E-state index contributed by atoms with van der Waals surface area (Å²) in [4.78, 5) is 12.3. The Balaban J connectivity index is 1.63. The lowest BCUT2D eigenvalue weighted by Crippen LogP contribution is -2.28. The van der Waals surface area contributed by atoms with Gasteiger partial charge in [-0.05, 0) is 62.4 Å². The Kier molecular flexibility index (Phi) is 5.99. The summed E-state index contributed by atoms with van der Waals surface area (Å²) < 4.78 is 38.3. The lowest BCUT2D eigenvalue weighted by atomic mass is 9.87. The average molecular weight is 360 g/mol. The van der Waals surface area contributed by atoms with Gasteiger partial charge in [-0.25, -0.2) is 8.78 Å². The summed E-state index contributed by atoms with van der Waals surface area (Å²) in [5.74, 6) is -1.20. The number of rotatable bonds is 5. The standard InChI is InChI=1S/C21H22F2O3/c1-2-25-17-9-5-15(6-10-17)21(24)26-18-11-12-19(20(23)13-18)14-3-7-16(22)8-4-14/h3-4,7-8,11-13,15,17H,2,5-6,9-10H2,1H3/t15-,17-. The van der Waals surface area contributed by atoms with Crippen LogP contribution in [0, 0.1) is 17.6 Å². The van der Waals surface area contributed by atoms with Crippen LogP contribution in [0.5, 0.6) is 5.75 Å². The van der Waals surface area contributed by atoms with Crippen molar-refractivity contribution in [2.75, 3.05) is 6.61 Å². The molecule has 0 unspecified atom stereocenters. The molecule has 2 aromatic rings. The van der Waals surface area contributed by atoms with Gasteiger partial charge < -0.3 is 9.47 Å². The second-order valence-electron chi connectivity index (χ2n) is 6.50. The van der Waals surface area contributed by atoms with Gasteiger partial charge in [0.2, 0.25) is 0 Å². The molecule has 0 amide bonds. The van der Waals surface area contributed by atoms with E-state index in [2.05, 4.69) is 0 Å². The summed E-state index contributed by atoms with van der Waals surface area (Å²) in [6, 6.07) is 9.88. The number of ether oxygens (including phenoxy) is 2. The number of hydrogen-bond donors (Lipinski definition) is 0. The Labute approximate surface area is 151 Å². The van der Waals surface area contributed by atoms with E-state index in [0.717, 1.165) is 25.7 Å². The fourth-order valence-corrected chi connectivity index (χ4v) is 3.32. The molecule has 0 aromatic heterocycles. The summed E-state index contributed by atoms with van der Waals surface area (Å²) in [7, 11) is 0. The smallest absolute Gasteiger partial charge is 0.314 e. The van der Waals surface area contributed by atoms with Crippen LogP contribution in [0.4, 0.5) is 8.78 Å². The van der Waals surface area contributed by atoms with Crippen LogP contribution in [0.3, 0.4) is 0 Å². The fraction of sp³-hybridized carbons (Fsp3) is 0.381. The molecule has 138 valence electrons. The average Bonchev–Trinajstić information content (AvgIpc) is 2.64. The quantitative estimate of drug-likeness (QED) is 0.548. The van der Waals surface area contributed by atoms with Crippen LogP contribution in [-0.2, 0) is 9.53 Å². The molecule has 0 radical (unpaired) electrons. The third-order valence-corrected chi connectivity index (χ3v) is 4.72. The first-order valence-electron chi connectivity index (χ1n) is 8.95. The maximum atomic E-state index is 14.4. The third kappa shape index (κ3) is 4.47. The molecule has 3 rings (SSSR count). The van der Waals surface area contributed by atoms with Gasteiger partial charge in [-0.15, -0.1) is 0 Å². The Morgan fingerprint density at radius 3 is 2.35 bits per heavy atom. The van der Waals surface area contributed by atoms with Crippen molar-refractivity contribution in [3.05, 3.63) is 54.1 Å². The van der Waals surface area contributed by atoms with Crippen molar-refractivity contribution in [1.82, 2.24) is 0 Å². The van der Waals surface area contributed by atoms with Crippen LogP contribution in [0.1, 0.15) is 32.6 Å². The van der Waals surface area contributed by atoms with Crippen LogP contribution in [0.15, 0.2) is 42.5 Å². The highest BCUT2D eigenvalue weighted by Gasteiger charge is 2.28. The molecule has 0 N–H and O–H groups in total. The van der Waals surface area contributed by atoms with E-state index >= 15 is 0 Å². The molecule has 0 aliphatic heterocycles. The minimum absolute atomic E-state index is 0.174. The molecular weight excluding hydrogens is 338 g/mol. The van der Waals surface area contributed by atoms with Crippen molar-refractivity contribution < 1.29 is 23.0 Å². The minimum Gasteiger partial charge on any atom is -0.426 e. The first-order valence-corrected chi connectivity index (χ1v) is 8.95. The van der Waals surface area contributed by atoms with Gasteiger partial charge in [0, 0.05) is 18.2 Å². The highest BCUT2D eigenvalue weighted by molar-refractivity contribution is 5.75. The second-order valence-corrected chi connectivity index (χ2v) is 6.50. The Hall–Kier alpha value is -2.27. The third-order valence-electron chi connectivity index (χ3n) is 4.72. The Morgan fingerprint density at radius 2 is 1.73 bits per heavy atom. The maximum Gasteiger partial charge on any atom is 0.314 e. The van der Waals surface area contributed by atoms with Crippen LogP contribution in [0.25, 0.3) is 11.1 Å². The monoisotopic (exact) mass is 360 g/mol. The Morgan fingerprint density at radius 1 is 1.04 bits per heavy atom. The molecule has 3 nitrogen and oxygen atoms in total. The molecule has 0 bridgehead atoms. The van der Waals surface area contributed by atoms with Gasteiger partial charge in [0.05, 0.1) is 12.0 Å². The predicted molar refractivity (Wildman–Crippen MR) is 94.8 cm³/mol. The highest BCUT2D eigenvalue weighted by Crippen LogP contribution is 2.30. The van der Waals surface area contributed by atoms with Crippen molar-refractivity contribution in [3.63, 3.8) is 0 Å². The van der Waals surface area contributed by atoms with Gasteiger partial charge in [0.1, 0.15) is 17.4 Å².